The zero-order valence-electron chi connectivity index (χ0n) is 10.4. The molecule has 0 bridgehead atoms. The summed E-state index contributed by atoms with van der Waals surface area (Å²) in [4.78, 5) is 24.3. The van der Waals surface area contributed by atoms with E-state index in [1.54, 1.807) is 12.4 Å². The van der Waals surface area contributed by atoms with Gasteiger partial charge in [-0.1, -0.05) is 20.8 Å². The Bertz CT molecular complexity index is 607. The van der Waals surface area contributed by atoms with Crippen LogP contribution in [0.25, 0.3) is 11.0 Å². The number of pyridine rings is 1. The largest absolute Gasteiger partial charge is 0.294 e. The minimum atomic E-state index is -0.481. The van der Waals surface area contributed by atoms with E-state index < -0.39 is 5.41 Å². The lowest BCUT2D eigenvalue weighted by Crippen LogP contribution is -2.28. The number of amides is 1. The van der Waals surface area contributed by atoms with Crippen molar-refractivity contribution in [1.82, 2.24) is 15.0 Å². The first kappa shape index (κ1) is 12.9. The highest BCUT2D eigenvalue weighted by Crippen LogP contribution is 2.18. The normalized spacial score (nSPS) is 11.6. The third-order valence-electron chi connectivity index (χ3n) is 2.31. The number of anilines is 1. The van der Waals surface area contributed by atoms with Gasteiger partial charge in [-0.15, -0.1) is 0 Å². The minimum absolute atomic E-state index is 0.126. The Hall–Kier alpha value is -1.56. The average Bonchev–Trinajstić information content (AvgIpc) is 2.28. The smallest absolute Gasteiger partial charge is 0.232 e. The fourth-order valence-corrected chi connectivity index (χ4v) is 1.59. The molecule has 1 amide bonds. The van der Waals surface area contributed by atoms with Crippen LogP contribution in [0.1, 0.15) is 20.8 Å². The van der Waals surface area contributed by atoms with Gasteiger partial charge in [0.05, 0.1) is 0 Å². The molecule has 0 aliphatic heterocycles. The number of rotatable bonds is 1. The van der Waals surface area contributed by atoms with E-state index in [0.717, 1.165) is 9.86 Å². The summed E-state index contributed by atoms with van der Waals surface area (Å²) in [5, 5.41) is 3.49. The molecule has 0 aromatic carbocycles. The van der Waals surface area contributed by atoms with Gasteiger partial charge < -0.3 is 0 Å². The van der Waals surface area contributed by atoms with Crippen molar-refractivity contribution in [2.45, 2.75) is 20.8 Å². The van der Waals surface area contributed by atoms with Gasteiger partial charge in [-0.3, -0.25) is 10.1 Å². The molecule has 0 aliphatic carbocycles. The molecule has 94 valence electrons. The van der Waals surface area contributed by atoms with Gasteiger partial charge in [-0.2, -0.15) is 4.98 Å². The van der Waals surface area contributed by atoms with Gasteiger partial charge in [-0.25, -0.2) is 9.97 Å². The Morgan fingerprint density at radius 3 is 2.67 bits per heavy atom. The maximum Gasteiger partial charge on any atom is 0.232 e. The van der Waals surface area contributed by atoms with Crippen LogP contribution in [0.5, 0.6) is 0 Å². The van der Waals surface area contributed by atoms with E-state index in [4.69, 9.17) is 0 Å². The molecule has 2 aromatic rings. The first-order valence-corrected chi connectivity index (χ1v) is 6.25. The number of nitrogens with one attached hydrogen (secondary N) is 1. The number of fused-ring (bicyclic) bond motifs is 1. The van der Waals surface area contributed by atoms with Crippen molar-refractivity contribution >= 4 is 38.8 Å². The summed E-state index contributed by atoms with van der Waals surface area (Å²) >= 11 is 3.33. The molecule has 1 N–H and O–H groups in total. The number of carbonyl (C=O) groups is 1. The number of hydrogen-bond acceptors (Lipinski definition) is 4. The van der Waals surface area contributed by atoms with Crippen LogP contribution >= 0.6 is 15.9 Å². The summed E-state index contributed by atoms with van der Waals surface area (Å²) in [7, 11) is 0. The third-order valence-corrected chi connectivity index (χ3v) is 2.74. The van der Waals surface area contributed by atoms with Crippen molar-refractivity contribution in [2.75, 3.05) is 5.32 Å². The van der Waals surface area contributed by atoms with Gasteiger partial charge in [0.25, 0.3) is 0 Å². The topological polar surface area (TPSA) is 67.8 Å². The molecule has 2 aromatic heterocycles. The van der Waals surface area contributed by atoms with Crippen LogP contribution in [0.4, 0.5) is 5.95 Å². The zero-order valence-corrected chi connectivity index (χ0v) is 11.9. The molecule has 0 spiro atoms. The van der Waals surface area contributed by atoms with E-state index in [1.807, 2.05) is 26.8 Å². The van der Waals surface area contributed by atoms with Gasteiger partial charge in [0, 0.05) is 27.7 Å². The molecule has 0 fully saturated rings. The van der Waals surface area contributed by atoms with Crippen molar-refractivity contribution in [1.29, 1.82) is 0 Å². The highest BCUT2D eigenvalue weighted by atomic mass is 79.9. The number of nitrogens with zero attached hydrogens (tertiary/aromatic N) is 3. The van der Waals surface area contributed by atoms with E-state index in [-0.39, 0.29) is 11.9 Å². The molecule has 5 nitrogen and oxygen atoms in total. The van der Waals surface area contributed by atoms with E-state index in [2.05, 4.69) is 36.2 Å². The number of hydrogen-bond donors (Lipinski definition) is 1. The fraction of sp³-hybridized carbons (Fsp3) is 0.333. The molecule has 0 atom stereocenters. The Labute approximate surface area is 113 Å². The van der Waals surface area contributed by atoms with Gasteiger partial charge in [-0.05, 0) is 22.0 Å². The molecule has 6 heteroatoms. The Balaban J connectivity index is 2.31. The second kappa shape index (κ2) is 4.61. The molecule has 0 saturated carbocycles. The van der Waals surface area contributed by atoms with Gasteiger partial charge in [0.1, 0.15) is 0 Å². The molecular weight excluding hydrogens is 296 g/mol. The molecule has 0 radical (unpaired) electrons. The second-order valence-electron chi connectivity index (χ2n) is 4.96. The maximum atomic E-state index is 11.8. The van der Waals surface area contributed by atoms with Gasteiger partial charge in [0.2, 0.25) is 11.9 Å². The van der Waals surface area contributed by atoms with Crippen molar-refractivity contribution < 1.29 is 4.79 Å². The summed E-state index contributed by atoms with van der Waals surface area (Å²) in [5.74, 6) is 0.149. The lowest BCUT2D eigenvalue weighted by Gasteiger charge is -2.16. The SMILES string of the molecule is CC(C)(C)C(=O)Nc1ncc2cc(Br)cnc2n1. The minimum Gasteiger partial charge on any atom is -0.294 e. The quantitative estimate of drug-likeness (QED) is 0.879. The Kier molecular flexibility index (Phi) is 3.30. The lowest BCUT2D eigenvalue weighted by molar-refractivity contribution is -0.123. The lowest BCUT2D eigenvalue weighted by atomic mass is 9.96. The van der Waals surface area contributed by atoms with Crippen LogP contribution in [-0.4, -0.2) is 20.9 Å². The van der Waals surface area contributed by atoms with Crippen LogP contribution < -0.4 is 5.32 Å². The molecule has 2 rings (SSSR count). The number of aromatic nitrogens is 3. The molecule has 0 aliphatic rings. The maximum absolute atomic E-state index is 11.8. The summed E-state index contributed by atoms with van der Waals surface area (Å²) in [6.07, 6.45) is 3.29. The van der Waals surface area contributed by atoms with Crippen molar-refractivity contribution in [3.8, 4) is 0 Å². The summed E-state index contributed by atoms with van der Waals surface area (Å²) < 4.78 is 0.866. The van der Waals surface area contributed by atoms with E-state index >= 15 is 0 Å². The van der Waals surface area contributed by atoms with Crippen molar-refractivity contribution in [3.63, 3.8) is 0 Å². The number of halogens is 1. The van der Waals surface area contributed by atoms with Gasteiger partial charge in [0.15, 0.2) is 5.65 Å². The van der Waals surface area contributed by atoms with Gasteiger partial charge >= 0.3 is 0 Å². The molecule has 0 saturated heterocycles. The molecule has 0 unspecified atom stereocenters. The first-order valence-electron chi connectivity index (χ1n) is 5.46. The molecular formula is C12H13BrN4O. The van der Waals surface area contributed by atoms with Crippen LogP contribution in [0.15, 0.2) is 22.9 Å². The van der Waals surface area contributed by atoms with Crippen molar-refractivity contribution in [2.24, 2.45) is 5.41 Å². The molecule has 18 heavy (non-hydrogen) atoms. The van der Waals surface area contributed by atoms with Crippen LogP contribution in [0.3, 0.4) is 0 Å². The summed E-state index contributed by atoms with van der Waals surface area (Å²) in [5.41, 5.74) is 0.0725. The second-order valence-corrected chi connectivity index (χ2v) is 5.88. The van der Waals surface area contributed by atoms with Crippen LogP contribution in [0, 0.1) is 5.41 Å². The average molecular weight is 309 g/mol. The predicted molar refractivity (Wildman–Crippen MR) is 73.1 cm³/mol. The highest BCUT2D eigenvalue weighted by molar-refractivity contribution is 9.10. The highest BCUT2D eigenvalue weighted by Gasteiger charge is 2.22. The van der Waals surface area contributed by atoms with Crippen LogP contribution in [0.2, 0.25) is 0 Å². The zero-order chi connectivity index (χ0) is 13.3. The third kappa shape index (κ3) is 2.81. The fourth-order valence-electron chi connectivity index (χ4n) is 1.25. The van der Waals surface area contributed by atoms with E-state index in [1.165, 1.54) is 0 Å². The predicted octanol–water partition coefficient (Wildman–Crippen LogP) is 2.77. The van der Waals surface area contributed by atoms with Crippen molar-refractivity contribution in [3.05, 3.63) is 22.9 Å². The summed E-state index contributed by atoms with van der Waals surface area (Å²) in [6, 6.07) is 1.87. The molecule has 2 heterocycles. The monoisotopic (exact) mass is 308 g/mol. The Morgan fingerprint density at radius 1 is 1.28 bits per heavy atom. The number of carbonyl (C=O) groups excluding carboxylic acids is 1. The van der Waals surface area contributed by atoms with E-state index in [9.17, 15) is 4.79 Å². The standard InChI is InChI=1S/C12H13BrN4O/c1-12(2,3)10(18)17-11-15-5-7-4-8(13)6-14-9(7)16-11/h4-6H,1-3H3,(H,14,15,16,17,18). The Morgan fingerprint density at radius 2 is 2.00 bits per heavy atom. The first-order chi connectivity index (χ1) is 8.36. The summed E-state index contributed by atoms with van der Waals surface area (Å²) in [6.45, 7) is 5.50. The van der Waals surface area contributed by atoms with E-state index in [0.29, 0.717) is 5.65 Å². The van der Waals surface area contributed by atoms with Crippen LogP contribution in [-0.2, 0) is 4.79 Å².